The standard InChI is InChI=1S/C23H22F4N4O3S/c1-3-13-8-14(10-16(9-13)34-2)19(28)12-31(29)23-18(26)6-7-20(22(23)27)30-35(32,33)21-11-15(24)4-5-17(21)25/h4-11,28,30H,3,12,29H2,1-2H3. The van der Waals surface area contributed by atoms with Gasteiger partial charge in [-0.05, 0) is 60.5 Å². The van der Waals surface area contributed by atoms with Crippen molar-refractivity contribution in [1.82, 2.24) is 0 Å². The van der Waals surface area contributed by atoms with E-state index in [0.717, 1.165) is 23.8 Å². The fraction of sp³-hybridized carbons (Fsp3) is 0.174. The predicted molar refractivity (Wildman–Crippen MR) is 124 cm³/mol. The van der Waals surface area contributed by atoms with Gasteiger partial charge in [-0.25, -0.2) is 31.8 Å². The maximum Gasteiger partial charge on any atom is 0.265 e. The van der Waals surface area contributed by atoms with Crippen LogP contribution in [-0.4, -0.2) is 27.8 Å². The maximum absolute atomic E-state index is 15.2. The van der Waals surface area contributed by atoms with Crippen LogP contribution in [0.25, 0.3) is 0 Å². The zero-order valence-electron chi connectivity index (χ0n) is 18.7. The number of nitrogens with one attached hydrogen (secondary N) is 2. The van der Waals surface area contributed by atoms with E-state index in [1.165, 1.54) is 7.11 Å². The summed E-state index contributed by atoms with van der Waals surface area (Å²) in [7, 11) is -3.31. The molecule has 35 heavy (non-hydrogen) atoms. The number of sulfonamides is 1. The number of benzene rings is 3. The first-order valence-corrected chi connectivity index (χ1v) is 11.7. The third-order valence-electron chi connectivity index (χ3n) is 5.07. The number of nitrogens with zero attached hydrogens (tertiary/aromatic N) is 1. The molecule has 0 amide bonds. The zero-order valence-corrected chi connectivity index (χ0v) is 19.5. The van der Waals surface area contributed by atoms with E-state index in [9.17, 15) is 21.6 Å². The number of rotatable bonds is 9. The Morgan fingerprint density at radius 1 is 1.06 bits per heavy atom. The van der Waals surface area contributed by atoms with Gasteiger partial charge in [-0.1, -0.05) is 6.92 Å². The van der Waals surface area contributed by atoms with Crippen molar-refractivity contribution in [3.8, 4) is 5.75 Å². The molecule has 4 N–H and O–H groups in total. The molecule has 3 aromatic carbocycles. The van der Waals surface area contributed by atoms with Crippen molar-refractivity contribution in [2.24, 2.45) is 5.84 Å². The highest BCUT2D eigenvalue weighted by atomic mass is 32.2. The van der Waals surface area contributed by atoms with Crippen molar-refractivity contribution >= 4 is 27.1 Å². The monoisotopic (exact) mass is 510 g/mol. The molecule has 0 atom stereocenters. The summed E-state index contributed by atoms with van der Waals surface area (Å²) >= 11 is 0. The average Bonchev–Trinajstić information content (AvgIpc) is 2.81. The molecule has 0 saturated heterocycles. The third-order valence-corrected chi connectivity index (χ3v) is 6.45. The Morgan fingerprint density at radius 3 is 2.40 bits per heavy atom. The van der Waals surface area contributed by atoms with Crippen LogP contribution in [0.2, 0.25) is 0 Å². The summed E-state index contributed by atoms with van der Waals surface area (Å²) in [5.74, 6) is 1.53. The number of hydrazine groups is 1. The van der Waals surface area contributed by atoms with Crippen LogP contribution in [0.1, 0.15) is 18.1 Å². The molecule has 0 aliphatic rings. The van der Waals surface area contributed by atoms with Gasteiger partial charge in [0.25, 0.3) is 10.0 Å². The first-order valence-electron chi connectivity index (χ1n) is 10.2. The van der Waals surface area contributed by atoms with Gasteiger partial charge in [0, 0.05) is 5.56 Å². The van der Waals surface area contributed by atoms with Crippen LogP contribution < -0.4 is 20.3 Å². The second kappa shape index (κ2) is 10.3. The molecule has 0 bridgehead atoms. The molecule has 0 aliphatic heterocycles. The molecular formula is C23H22F4N4O3S. The minimum Gasteiger partial charge on any atom is -0.497 e. The molecule has 0 radical (unpaired) electrons. The highest BCUT2D eigenvalue weighted by molar-refractivity contribution is 7.92. The Hall–Kier alpha value is -3.64. The van der Waals surface area contributed by atoms with Gasteiger partial charge in [-0.3, -0.25) is 9.73 Å². The number of methoxy groups -OCH3 is 1. The van der Waals surface area contributed by atoms with Gasteiger partial charge in [0.2, 0.25) is 0 Å². The molecule has 186 valence electrons. The van der Waals surface area contributed by atoms with E-state index in [0.29, 0.717) is 34.9 Å². The molecule has 3 aromatic rings. The van der Waals surface area contributed by atoms with Crippen molar-refractivity contribution in [1.29, 1.82) is 5.41 Å². The van der Waals surface area contributed by atoms with Crippen molar-refractivity contribution in [3.05, 3.63) is 82.9 Å². The number of aryl methyl sites for hydroxylation is 1. The van der Waals surface area contributed by atoms with E-state index >= 15 is 4.39 Å². The Balaban J connectivity index is 1.91. The number of hydrogen-bond acceptors (Lipinski definition) is 6. The Labute approximate surface area is 199 Å². The molecule has 0 spiro atoms. The second-order valence-electron chi connectivity index (χ2n) is 7.47. The Morgan fingerprint density at radius 2 is 1.74 bits per heavy atom. The van der Waals surface area contributed by atoms with Crippen molar-refractivity contribution in [2.75, 3.05) is 23.4 Å². The normalized spacial score (nSPS) is 11.3. The highest BCUT2D eigenvalue weighted by Gasteiger charge is 2.25. The van der Waals surface area contributed by atoms with Gasteiger partial charge >= 0.3 is 0 Å². The lowest BCUT2D eigenvalue weighted by atomic mass is 10.0. The maximum atomic E-state index is 15.2. The largest absolute Gasteiger partial charge is 0.497 e. The molecule has 0 unspecified atom stereocenters. The van der Waals surface area contributed by atoms with Gasteiger partial charge in [-0.15, -0.1) is 0 Å². The van der Waals surface area contributed by atoms with E-state index in [4.69, 9.17) is 16.0 Å². The van der Waals surface area contributed by atoms with Crippen LogP contribution >= 0.6 is 0 Å². The molecule has 12 heteroatoms. The average molecular weight is 511 g/mol. The molecule has 0 aromatic heterocycles. The van der Waals surface area contributed by atoms with E-state index < -0.39 is 56.1 Å². The van der Waals surface area contributed by atoms with E-state index in [2.05, 4.69) is 0 Å². The van der Waals surface area contributed by atoms with Crippen molar-refractivity contribution in [3.63, 3.8) is 0 Å². The second-order valence-corrected chi connectivity index (χ2v) is 9.12. The molecule has 0 saturated carbocycles. The summed E-state index contributed by atoms with van der Waals surface area (Å²) in [6.07, 6.45) is 0.654. The van der Waals surface area contributed by atoms with Crippen LogP contribution in [0.4, 0.5) is 28.9 Å². The molecule has 0 fully saturated rings. The fourth-order valence-corrected chi connectivity index (χ4v) is 4.41. The smallest absolute Gasteiger partial charge is 0.265 e. The summed E-state index contributed by atoms with van der Waals surface area (Å²) < 4.78 is 89.1. The summed E-state index contributed by atoms with van der Waals surface area (Å²) in [5.41, 5.74) is -0.385. The fourth-order valence-electron chi connectivity index (χ4n) is 3.26. The van der Waals surface area contributed by atoms with E-state index in [1.54, 1.807) is 22.9 Å². The number of hydrogen-bond donors (Lipinski definition) is 3. The van der Waals surface area contributed by atoms with Crippen LogP contribution in [0.15, 0.2) is 53.4 Å². The minimum atomic E-state index is -4.77. The third kappa shape index (κ3) is 5.72. The predicted octanol–water partition coefficient (Wildman–Crippen LogP) is 4.36. The number of anilines is 2. The summed E-state index contributed by atoms with van der Waals surface area (Å²) in [6, 6.07) is 8.34. The molecule has 3 rings (SSSR count). The summed E-state index contributed by atoms with van der Waals surface area (Å²) in [4.78, 5) is -1.06. The topological polar surface area (TPSA) is 109 Å². The lowest BCUT2D eigenvalue weighted by Crippen LogP contribution is -2.37. The minimum absolute atomic E-state index is 0.0901. The van der Waals surface area contributed by atoms with Crippen LogP contribution in [0, 0.1) is 28.7 Å². The van der Waals surface area contributed by atoms with Gasteiger partial charge in [-0.2, -0.15) is 0 Å². The van der Waals surface area contributed by atoms with Gasteiger partial charge in [0.1, 0.15) is 28.0 Å². The lowest BCUT2D eigenvalue weighted by Gasteiger charge is -2.22. The molecule has 0 aliphatic carbocycles. The first-order chi connectivity index (χ1) is 16.5. The number of nitrogens with two attached hydrogens (primary N) is 1. The first kappa shape index (κ1) is 26.0. The molecule has 0 heterocycles. The number of halogens is 4. The van der Waals surface area contributed by atoms with Crippen LogP contribution in [0.3, 0.4) is 0 Å². The zero-order chi connectivity index (χ0) is 25.9. The summed E-state index contributed by atoms with van der Waals surface area (Å²) in [6.45, 7) is 1.46. The molecule has 7 nitrogen and oxygen atoms in total. The highest BCUT2D eigenvalue weighted by Crippen LogP contribution is 2.30. The Kier molecular flexibility index (Phi) is 7.66. The van der Waals surface area contributed by atoms with E-state index in [1.807, 2.05) is 6.92 Å². The van der Waals surface area contributed by atoms with Crippen LogP contribution in [-0.2, 0) is 16.4 Å². The quantitative estimate of drug-likeness (QED) is 0.172. The van der Waals surface area contributed by atoms with Gasteiger partial charge in [0.15, 0.2) is 11.6 Å². The van der Waals surface area contributed by atoms with Gasteiger partial charge < -0.3 is 10.1 Å². The van der Waals surface area contributed by atoms with Crippen molar-refractivity contribution in [2.45, 2.75) is 18.2 Å². The van der Waals surface area contributed by atoms with Crippen LogP contribution in [0.5, 0.6) is 5.75 Å². The molecular weight excluding hydrogens is 488 g/mol. The summed E-state index contributed by atoms with van der Waals surface area (Å²) in [5, 5.41) is 8.95. The van der Waals surface area contributed by atoms with Gasteiger partial charge in [0.05, 0.1) is 25.1 Å². The lowest BCUT2D eigenvalue weighted by molar-refractivity contribution is 0.414. The van der Waals surface area contributed by atoms with Crippen molar-refractivity contribution < 1.29 is 30.7 Å². The number of ether oxygens (including phenoxy) is 1. The SMILES string of the molecule is CCc1cc(OC)cc(C(=N)CN(N)c2c(F)ccc(NS(=O)(=O)c3cc(F)ccc3F)c2F)c1. The van der Waals surface area contributed by atoms with E-state index in [-0.39, 0.29) is 5.71 Å². The Bertz CT molecular complexity index is 1360.